The first-order chi connectivity index (χ1) is 8.56. The largest absolute Gasteiger partial charge is 0.408 e. The molecule has 0 radical (unpaired) electrons. The number of nitrogens with two attached hydrogens (primary N) is 1. The summed E-state index contributed by atoms with van der Waals surface area (Å²) in [6.45, 7) is 3.44. The molecular formula is C12H14N4O2. The molecule has 1 aromatic heterocycles. The van der Waals surface area contributed by atoms with Crippen molar-refractivity contribution in [3.8, 4) is 0 Å². The van der Waals surface area contributed by atoms with Crippen LogP contribution in [0.15, 0.2) is 28.7 Å². The fourth-order valence-corrected chi connectivity index (χ4v) is 1.54. The van der Waals surface area contributed by atoms with Crippen molar-refractivity contribution in [3.05, 3.63) is 35.7 Å². The van der Waals surface area contributed by atoms with Crippen LogP contribution in [0.1, 0.15) is 24.3 Å². The van der Waals surface area contributed by atoms with Crippen molar-refractivity contribution >= 4 is 17.6 Å². The third kappa shape index (κ3) is 2.65. The van der Waals surface area contributed by atoms with Gasteiger partial charge in [-0.2, -0.15) is 0 Å². The van der Waals surface area contributed by atoms with Gasteiger partial charge in [0.2, 0.25) is 11.8 Å². The van der Waals surface area contributed by atoms with Gasteiger partial charge in [0, 0.05) is 12.6 Å². The normalized spacial score (nSPS) is 12.1. The van der Waals surface area contributed by atoms with Gasteiger partial charge in [0.25, 0.3) is 0 Å². The standard InChI is InChI=1S/C12H14N4O2/c1-7(9-4-3-5-10(13)6-9)11(17)14-12-16-15-8(2)18-12/h3-7H,13H2,1-2H3,(H,14,16,17). The Hall–Kier alpha value is -2.37. The monoisotopic (exact) mass is 246 g/mol. The molecule has 0 aliphatic rings. The Kier molecular flexibility index (Phi) is 3.27. The molecule has 0 aliphatic carbocycles. The number of carbonyl (C=O) groups excluding carboxylic acids is 1. The molecule has 1 aromatic carbocycles. The summed E-state index contributed by atoms with van der Waals surface area (Å²) in [6.07, 6.45) is 0. The molecule has 0 saturated heterocycles. The molecule has 0 bridgehead atoms. The van der Waals surface area contributed by atoms with Crippen LogP contribution in [0.2, 0.25) is 0 Å². The summed E-state index contributed by atoms with van der Waals surface area (Å²) in [5.41, 5.74) is 7.14. The number of carbonyl (C=O) groups is 1. The maximum absolute atomic E-state index is 12.0. The van der Waals surface area contributed by atoms with Crippen LogP contribution >= 0.6 is 0 Å². The summed E-state index contributed by atoms with van der Waals surface area (Å²) < 4.78 is 5.09. The minimum absolute atomic E-state index is 0.105. The van der Waals surface area contributed by atoms with Crippen LogP contribution in [0.4, 0.5) is 11.7 Å². The van der Waals surface area contributed by atoms with Crippen molar-refractivity contribution in [1.29, 1.82) is 0 Å². The fraction of sp³-hybridized carbons (Fsp3) is 0.250. The zero-order chi connectivity index (χ0) is 13.1. The summed E-state index contributed by atoms with van der Waals surface area (Å²) in [7, 11) is 0. The summed E-state index contributed by atoms with van der Waals surface area (Å²) in [4.78, 5) is 12.0. The van der Waals surface area contributed by atoms with Crippen molar-refractivity contribution in [3.63, 3.8) is 0 Å². The predicted octanol–water partition coefficient (Wildman–Crippen LogP) is 1.70. The number of anilines is 2. The average Bonchev–Trinajstić information content (AvgIpc) is 2.73. The number of nitrogens with one attached hydrogen (secondary N) is 1. The van der Waals surface area contributed by atoms with Crippen LogP contribution in [0.5, 0.6) is 0 Å². The highest BCUT2D eigenvalue weighted by Crippen LogP contribution is 2.19. The molecule has 2 rings (SSSR count). The van der Waals surface area contributed by atoms with Crippen LogP contribution in [0, 0.1) is 6.92 Å². The highest BCUT2D eigenvalue weighted by molar-refractivity contribution is 5.93. The zero-order valence-electron chi connectivity index (χ0n) is 10.2. The summed E-state index contributed by atoms with van der Waals surface area (Å²) in [6, 6.07) is 7.30. The lowest BCUT2D eigenvalue weighted by atomic mass is 10.00. The number of nitrogen functional groups attached to an aromatic ring is 1. The molecule has 6 heteroatoms. The highest BCUT2D eigenvalue weighted by atomic mass is 16.4. The van der Waals surface area contributed by atoms with E-state index in [1.165, 1.54) is 0 Å². The molecule has 1 atom stereocenters. The van der Waals surface area contributed by atoms with E-state index in [9.17, 15) is 4.79 Å². The number of nitrogens with zero attached hydrogens (tertiary/aromatic N) is 2. The predicted molar refractivity (Wildman–Crippen MR) is 66.9 cm³/mol. The van der Waals surface area contributed by atoms with E-state index in [0.29, 0.717) is 11.6 Å². The van der Waals surface area contributed by atoms with Gasteiger partial charge in [-0.3, -0.25) is 10.1 Å². The van der Waals surface area contributed by atoms with Gasteiger partial charge in [-0.15, -0.1) is 5.10 Å². The molecule has 0 aliphatic heterocycles. The average molecular weight is 246 g/mol. The van der Waals surface area contributed by atoms with Crippen molar-refractivity contribution in [2.75, 3.05) is 11.1 Å². The highest BCUT2D eigenvalue weighted by Gasteiger charge is 2.17. The number of hydrogen-bond donors (Lipinski definition) is 2. The van der Waals surface area contributed by atoms with Crippen molar-refractivity contribution in [2.24, 2.45) is 0 Å². The lowest BCUT2D eigenvalue weighted by Crippen LogP contribution is -2.19. The maximum atomic E-state index is 12.0. The number of aromatic nitrogens is 2. The first kappa shape index (κ1) is 12.1. The van der Waals surface area contributed by atoms with Gasteiger partial charge < -0.3 is 10.2 Å². The SMILES string of the molecule is Cc1nnc(NC(=O)C(C)c2cccc(N)c2)o1. The molecule has 1 heterocycles. The Morgan fingerprint density at radius 3 is 2.83 bits per heavy atom. The van der Waals surface area contributed by atoms with Crippen LogP contribution in [-0.4, -0.2) is 16.1 Å². The van der Waals surface area contributed by atoms with Crippen molar-refractivity contribution in [1.82, 2.24) is 10.2 Å². The van der Waals surface area contributed by atoms with Crippen LogP contribution < -0.4 is 11.1 Å². The van der Waals surface area contributed by atoms with Crippen LogP contribution in [0.3, 0.4) is 0 Å². The third-order valence-electron chi connectivity index (χ3n) is 2.56. The molecule has 0 fully saturated rings. The molecule has 0 saturated carbocycles. The van der Waals surface area contributed by atoms with E-state index in [1.54, 1.807) is 26.0 Å². The van der Waals surface area contributed by atoms with E-state index < -0.39 is 0 Å². The Morgan fingerprint density at radius 2 is 2.22 bits per heavy atom. The van der Waals surface area contributed by atoms with Crippen LogP contribution in [-0.2, 0) is 4.79 Å². The summed E-state index contributed by atoms with van der Waals surface area (Å²) in [5, 5.41) is 9.90. The quantitative estimate of drug-likeness (QED) is 0.804. The first-order valence-corrected chi connectivity index (χ1v) is 5.52. The fourth-order valence-electron chi connectivity index (χ4n) is 1.54. The Morgan fingerprint density at radius 1 is 1.44 bits per heavy atom. The van der Waals surface area contributed by atoms with Gasteiger partial charge in [0.05, 0.1) is 5.92 Å². The Bertz CT molecular complexity index is 565. The Balaban J connectivity index is 2.09. The molecule has 94 valence electrons. The maximum Gasteiger partial charge on any atom is 0.322 e. The molecule has 6 nitrogen and oxygen atoms in total. The van der Waals surface area contributed by atoms with Gasteiger partial charge in [-0.1, -0.05) is 17.2 Å². The van der Waals surface area contributed by atoms with Gasteiger partial charge >= 0.3 is 6.01 Å². The molecule has 1 amide bonds. The second-order valence-electron chi connectivity index (χ2n) is 4.01. The summed E-state index contributed by atoms with van der Waals surface area (Å²) >= 11 is 0. The van der Waals surface area contributed by atoms with E-state index in [4.69, 9.17) is 10.2 Å². The summed E-state index contributed by atoms with van der Waals surface area (Å²) in [5.74, 6) is -0.160. The first-order valence-electron chi connectivity index (χ1n) is 5.52. The van der Waals surface area contributed by atoms with E-state index in [-0.39, 0.29) is 17.8 Å². The van der Waals surface area contributed by atoms with Crippen LogP contribution in [0.25, 0.3) is 0 Å². The number of hydrogen-bond acceptors (Lipinski definition) is 5. The molecule has 3 N–H and O–H groups in total. The minimum atomic E-state index is -0.347. The Labute approximate surface area is 104 Å². The lowest BCUT2D eigenvalue weighted by Gasteiger charge is -2.10. The minimum Gasteiger partial charge on any atom is -0.408 e. The van der Waals surface area contributed by atoms with Gasteiger partial charge in [0.15, 0.2) is 0 Å². The molecule has 18 heavy (non-hydrogen) atoms. The second kappa shape index (κ2) is 4.87. The zero-order valence-corrected chi connectivity index (χ0v) is 10.2. The van der Waals surface area contributed by atoms with E-state index in [0.717, 1.165) is 5.56 Å². The number of aryl methyl sites for hydroxylation is 1. The van der Waals surface area contributed by atoms with Crippen molar-refractivity contribution in [2.45, 2.75) is 19.8 Å². The van der Waals surface area contributed by atoms with E-state index in [2.05, 4.69) is 15.5 Å². The second-order valence-corrected chi connectivity index (χ2v) is 4.01. The van der Waals surface area contributed by atoms with Gasteiger partial charge in [-0.05, 0) is 24.6 Å². The van der Waals surface area contributed by atoms with Crippen molar-refractivity contribution < 1.29 is 9.21 Å². The molecular weight excluding hydrogens is 232 g/mol. The lowest BCUT2D eigenvalue weighted by molar-refractivity contribution is -0.117. The van der Waals surface area contributed by atoms with Gasteiger partial charge in [-0.25, -0.2) is 0 Å². The topological polar surface area (TPSA) is 94.0 Å². The van der Waals surface area contributed by atoms with E-state index in [1.807, 2.05) is 12.1 Å². The van der Waals surface area contributed by atoms with E-state index >= 15 is 0 Å². The molecule has 2 aromatic rings. The third-order valence-corrected chi connectivity index (χ3v) is 2.56. The number of amides is 1. The smallest absolute Gasteiger partial charge is 0.322 e. The molecule has 1 unspecified atom stereocenters. The van der Waals surface area contributed by atoms with Gasteiger partial charge in [0.1, 0.15) is 0 Å². The molecule has 0 spiro atoms. The number of benzene rings is 1. The number of rotatable bonds is 3.